The van der Waals surface area contributed by atoms with Crippen molar-refractivity contribution < 1.29 is 13.6 Å². The Hall–Kier alpha value is -1.49. The van der Waals surface area contributed by atoms with Crippen LogP contribution in [0, 0.1) is 17.6 Å². The third kappa shape index (κ3) is 4.77. The molecule has 1 aromatic carbocycles. The van der Waals surface area contributed by atoms with Gasteiger partial charge in [-0.2, -0.15) is 0 Å². The summed E-state index contributed by atoms with van der Waals surface area (Å²) in [6, 6.07) is 3.52. The SMILES string of the molecule is CC(Cc1c(F)cccc1F)NC(=O)CC1CCCNC1. The Morgan fingerprint density at radius 2 is 2.14 bits per heavy atom. The van der Waals surface area contributed by atoms with E-state index in [0.29, 0.717) is 12.3 Å². The zero-order valence-corrected chi connectivity index (χ0v) is 12.3. The molecule has 116 valence electrons. The molecule has 1 fully saturated rings. The van der Waals surface area contributed by atoms with Gasteiger partial charge in [0.25, 0.3) is 0 Å². The molecule has 2 atom stereocenters. The molecule has 1 aromatic rings. The lowest BCUT2D eigenvalue weighted by Crippen LogP contribution is -2.38. The summed E-state index contributed by atoms with van der Waals surface area (Å²) in [4.78, 5) is 12.0. The molecule has 5 heteroatoms. The number of carbonyl (C=O) groups is 1. The van der Waals surface area contributed by atoms with Crippen LogP contribution in [0.4, 0.5) is 8.78 Å². The van der Waals surface area contributed by atoms with Crippen molar-refractivity contribution in [3.8, 4) is 0 Å². The highest BCUT2D eigenvalue weighted by Crippen LogP contribution is 2.16. The second kappa shape index (κ2) is 7.50. The molecule has 1 aliphatic heterocycles. The van der Waals surface area contributed by atoms with E-state index in [4.69, 9.17) is 0 Å². The molecular weight excluding hydrogens is 274 g/mol. The first-order chi connectivity index (χ1) is 10.1. The van der Waals surface area contributed by atoms with E-state index in [1.165, 1.54) is 18.2 Å². The monoisotopic (exact) mass is 296 g/mol. The van der Waals surface area contributed by atoms with Crippen LogP contribution in [0.1, 0.15) is 31.7 Å². The van der Waals surface area contributed by atoms with Crippen molar-refractivity contribution in [2.75, 3.05) is 13.1 Å². The number of piperidine rings is 1. The summed E-state index contributed by atoms with van der Waals surface area (Å²) in [6.07, 6.45) is 2.77. The lowest BCUT2D eigenvalue weighted by Gasteiger charge is -2.23. The second-order valence-electron chi connectivity index (χ2n) is 5.79. The second-order valence-corrected chi connectivity index (χ2v) is 5.79. The normalized spacial score (nSPS) is 20.0. The summed E-state index contributed by atoms with van der Waals surface area (Å²) < 4.78 is 27.1. The molecule has 1 aliphatic rings. The lowest BCUT2D eigenvalue weighted by atomic mass is 9.95. The van der Waals surface area contributed by atoms with Gasteiger partial charge in [-0.15, -0.1) is 0 Å². The van der Waals surface area contributed by atoms with Gasteiger partial charge in [-0.25, -0.2) is 8.78 Å². The Balaban J connectivity index is 1.83. The van der Waals surface area contributed by atoms with E-state index in [1.807, 2.05) is 0 Å². The number of nitrogens with one attached hydrogen (secondary N) is 2. The zero-order chi connectivity index (χ0) is 15.2. The minimum absolute atomic E-state index is 0.0321. The molecule has 2 N–H and O–H groups in total. The molecule has 0 aromatic heterocycles. The molecular formula is C16H22F2N2O. The molecule has 0 bridgehead atoms. The third-order valence-corrected chi connectivity index (χ3v) is 3.85. The fraction of sp³-hybridized carbons (Fsp3) is 0.562. The van der Waals surface area contributed by atoms with Gasteiger partial charge in [-0.1, -0.05) is 6.07 Å². The first-order valence-electron chi connectivity index (χ1n) is 7.49. The van der Waals surface area contributed by atoms with Crippen molar-refractivity contribution in [3.63, 3.8) is 0 Å². The van der Waals surface area contributed by atoms with Gasteiger partial charge in [0, 0.05) is 18.0 Å². The van der Waals surface area contributed by atoms with Crippen molar-refractivity contribution in [1.29, 1.82) is 0 Å². The van der Waals surface area contributed by atoms with Crippen LogP contribution < -0.4 is 10.6 Å². The molecule has 0 spiro atoms. The molecule has 0 saturated carbocycles. The first kappa shape index (κ1) is 15.9. The molecule has 1 saturated heterocycles. The van der Waals surface area contributed by atoms with Crippen LogP contribution in [0.2, 0.25) is 0 Å². The fourth-order valence-corrected chi connectivity index (χ4v) is 2.78. The van der Waals surface area contributed by atoms with Crippen LogP contribution in [-0.4, -0.2) is 25.0 Å². The van der Waals surface area contributed by atoms with Crippen LogP contribution in [0.25, 0.3) is 0 Å². The molecule has 2 rings (SSSR count). The highest BCUT2D eigenvalue weighted by Gasteiger charge is 2.19. The zero-order valence-electron chi connectivity index (χ0n) is 12.3. The number of carbonyl (C=O) groups excluding carboxylic acids is 1. The van der Waals surface area contributed by atoms with E-state index in [2.05, 4.69) is 10.6 Å². The van der Waals surface area contributed by atoms with Crippen molar-refractivity contribution in [1.82, 2.24) is 10.6 Å². The molecule has 2 unspecified atom stereocenters. The van der Waals surface area contributed by atoms with E-state index < -0.39 is 11.6 Å². The molecule has 0 radical (unpaired) electrons. The largest absolute Gasteiger partial charge is 0.353 e. The Bertz CT molecular complexity index is 467. The maximum atomic E-state index is 13.6. The average Bonchev–Trinajstić information content (AvgIpc) is 2.44. The van der Waals surface area contributed by atoms with Gasteiger partial charge in [0.15, 0.2) is 0 Å². The predicted molar refractivity (Wildman–Crippen MR) is 77.9 cm³/mol. The lowest BCUT2D eigenvalue weighted by molar-refractivity contribution is -0.122. The summed E-state index contributed by atoms with van der Waals surface area (Å²) in [5, 5.41) is 6.10. The summed E-state index contributed by atoms with van der Waals surface area (Å²) in [5.41, 5.74) is 0.0321. The third-order valence-electron chi connectivity index (χ3n) is 3.85. The van der Waals surface area contributed by atoms with Gasteiger partial charge < -0.3 is 10.6 Å². The Morgan fingerprint density at radius 3 is 2.76 bits per heavy atom. The number of hydrogen-bond donors (Lipinski definition) is 2. The minimum Gasteiger partial charge on any atom is -0.353 e. The van der Waals surface area contributed by atoms with Crippen LogP contribution in [0.5, 0.6) is 0 Å². The summed E-state index contributed by atoms with van der Waals surface area (Å²) in [7, 11) is 0. The fourth-order valence-electron chi connectivity index (χ4n) is 2.78. The molecule has 21 heavy (non-hydrogen) atoms. The van der Waals surface area contributed by atoms with E-state index in [0.717, 1.165) is 25.9 Å². The maximum absolute atomic E-state index is 13.6. The van der Waals surface area contributed by atoms with E-state index in [1.54, 1.807) is 6.92 Å². The topological polar surface area (TPSA) is 41.1 Å². The van der Waals surface area contributed by atoms with Gasteiger partial charge in [0.1, 0.15) is 11.6 Å². The minimum atomic E-state index is -0.562. The predicted octanol–water partition coefficient (Wildman–Crippen LogP) is 2.40. The van der Waals surface area contributed by atoms with E-state index in [9.17, 15) is 13.6 Å². The Kier molecular flexibility index (Phi) is 5.67. The summed E-state index contributed by atoms with van der Waals surface area (Å²) in [5.74, 6) is -0.816. The molecule has 1 amide bonds. The standard InChI is InChI=1S/C16H22F2N2O/c1-11(8-13-14(17)5-2-6-15(13)18)20-16(21)9-12-4-3-7-19-10-12/h2,5-6,11-12,19H,3-4,7-10H2,1H3,(H,20,21). The van der Waals surface area contributed by atoms with Crippen LogP contribution in [0.3, 0.4) is 0 Å². The first-order valence-corrected chi connectivity index (χ1v) is 7.49. The van der Waals surface area contributed by atoms with Gasteiger partial charge >= 0.3 is 0 Å². The maximum Gasteiger partial charge on any atom is 0.220 e. The number of halogens is 2. The van der Waals surface area contributed by atoms with Crippen LogP contribution >= 0.6 is 0 Å². The number of amides is 1. The Labute approximate surface area is 124 Å². The van der Waals surface area contributed by atoms with Crippen LogP contribution in [0.15, 0.2) is 18.2 Å². The van der Waals surface area contributed by atoms with Crippen molar-refractivity contribution in [2.24, 2.45) is 5.92 Å². The van der Waals surface area contributed by atoms with Gasteiger partial charge in [0.2, 0.25) is 5.91 Å². The molecule has 0 aliphatic carbocycles. The number of rotatable bonds is 5. The Morgan fingerprint density at radius 1 is 1.43 bits per heavy atom. The highest BCUT2D eigenvalue weighted by atomic mass is 19.1. The quantitative estimate of drug-likeness (QED) is 0.876. The number of hydrogen-bond acceptors (Lipinski definition) is 2. The highest BCUT2D eigenvalue weighted by molar-refractivity contribution is 5.76. The van der Waals surface area contributed by atoms with E-state index in [-0.39, 0.29) is 23.9 Å². The van der Waals surface area contributed by atoms with Crippen LogP contribution in [-0.2, 0) is 11.2 Å². The van der Waals surface area contributed by atoms with Crippen molar-refractivity contribution in [3.05, 3.63) is 35.4 Å². The summed E-state index contributed by atoms with van der Waals surface area (Å²) >= 11 is 0. The van der Waals surface area contributed by atoms with E-state index >= 15 is 0 Å². The number of benzene rings is 1. The van der Waals surface area contributed by atoms with Gasteiger partial charge in [0.05, 0.1) is 0 Å². The smallest absolute Gasteiger partial charge is 0.220 e. The molecule has 1 heterocycles. The van der Waals surface area contributed by atoms with Crippen molar-refractivity contribution >= 4 is 5.91 Å². The van der Waals surface area contributed by atoms with Gasteiger partial charge in [-0.05, 0) is 57.3 Å². The average molecular weight is 296 g/mol. The van der Waals surface area contributed by atoms with Crippen molar-refractivity contribution in [2.45, 2.75) is 38.6 Å². The summed E-state index contributed by atoms with van der Waals surface area (Å²) in [6.45, 7) is 3.65. The molecule has 3 nitrogen and oxygen atoms in total. The van der Waals surface area contributed by atoms with Gasteiger partial charge in [-0.3, -0.25) is 4.79 Å².